The average molecular weight is 378 g/mol. The van der Waals surface area contributed by atoms with Crippen LogP contribution in [0.2, 0.25) is 0 Å². The van der Waals surface area contributed by atoms with Gasteiger partial charge in [-0.05, 0) is 31.5 Å². The summed E-state index contributed by atoms with van der Waals surface area (Å²) in [6, 6.07) is 10.3. The molecule has 0 saturated carbocycles. The summed E-state index contributed by atoms with van der Waals surface area (Å²) in [7, 11) is -3.07. The van der Waals surface area contributed by atoms with E-state index in [0.29, 0.717) is 16.8 Å². The van der Waals surface area contributed by atoms with Crippen LogP contribution >= 0.6 is 0 Å². The summed E-state index contributed by atoms with van der Waals surface area (Å²) >= 11 is 0. The second kappa shape index (κ2) is 7.52. The molecule has 0 saturated heterocycles. The van der Waals surface area contributed by atoms with Crippen LogP contribution in [0.1, 0.15) is 11.1 Å². The van der Waals surface area contributed by atoms with Crippen molar-refractivity contribution in [3.63, 3.8) is 0 Å². The molecule has 0 amide bonds. The van der Waals surface area contributed by atoms with Gasteiger partial charge < -0.3 is 4.74 Å². The van der Waals surface area contributed by atoms with E-state index in [9.17, 15) is 23.3 Å². The molecule has 8 nitrogen and oxygen atoms in total. The maximum atomic E-state index is 13.1. The van der Waals surface area contributed by atoms with Gasteiger partial charge in [0, 0.05) is 11.6 Å². The number of rotatable bonds is 6. The number of nitro benzene ring substituents is 1. The normalized spacial score (nSPS) is 11.0. The Hall–Kier alpha value is -2.94. The second-order valence-corrected chi connectivity index (χ2v) is 7.44. The Balaban J connectivity index is 2.63. The highest BCUT2D eigenvalue weighted by Crippen LogP contribution is 2.29. The lowest BCUT2D eigenvalue weighted by Gasteiger charge is -2.25. The van der Waals surface area contributed by atoms with E-state index in [0.717, 1.165) is 17.5 Å². The molecule has 26 heavy (non-hydrogen) atoms. The minimum atomic E-state index is -4.23. The van der Waals surface area contributed by atoms with Crippen LogP contribution in [0.4, 0.5) is 11.4 Å². The summed E-state index contributed by atoms with van der Waals surface area (Å²) in [5.41, 5.74) is 0.945. The average Bonchev–Trinajstić information content (AvgIpc) is 2.60. The fourth-order valence-corrected chi connectivity index (χ4v) is 3.89. The van der Waals surface area contributed by atoms with E-state index in [1.165, 1.54) is 19.1 Å². The third-order valence-corrected chi connectivity index (χ3v) is 5.61. The van der Waals surface area contributed by atoms with Crippen molar-refractivity contribution < 1.29 is 22.9 Å². The first-order valence-electron chi connectivity index (χ1n) is 7.58. The van der Waals surface area contributed by atoms with E-state index < -0.39 is 27.5 Å². The topological polar surface area (TPSA) is 107 Å². The van der Waals surface area contributed by atoms with Crippen molar-refractivity contribution in [1.82, 2.24) is 0 Å². The number of esters is 1. The van der Waals surface area contributed by atoms with Crippen LogP contribution in [-0.4, -0.2) is 33.0 Å². The molecule has 0 aromatic heterocycles. The van der Waals surface area contributed by atoms with Crippen molar-refractivity contribution in [1.29, 1.82) is 0 Å². The van der Waals surface area contributed by atoms with Gasteiger partial charge in [0.15, 0.2) is 0 Å². The minimum Gasteiger partial charge on any atom is -0.468 e. The van der Waals surface area contributed by atoms with Gasteiger partial charge in [-0.15, -0.1) is 0 Å². The van der Waals surface area contributed by atoms with Crippen molar-refractivity contribution in [3.05, 3.63) is 63.7 Å². The maximum Gasteiger partial charge on any atom is 0.326 e. The molecule has 0 aliphatic rings. The van der Waals surface area contributed by atoms with Crippen LogP contribution in [0.3, 0.4) is 0 Å². The molecule has 0 bridgehead atoms. The zero-order chi connectivity index (χ0) is 19.5. The van der Waals surface area contributed by atoms with Gasteiger partial charge in [-0.25, -0.2) is 8.42 Å². The van der Waals surface area contributed by atoms with Gasteiger partial charge in [0.25, 0.3) is 15.7 Å². The molecule has 0 aliphatic heterocycles. The first-order chi connectivity index (χ1) is 12.2. The molecule has 138 valence electrons. The van der Waals surface area contributed by atoms with Gasteiger partial charge in [0.2, 0.25) is 0 Å². The molecule has 0 spiro atoms. The number of aryl methyl sites for hydroxylation is 2. The Morgan fingerprint density at radius 2 is 1.81 bits per heavy atom. The summed E-state index contributed by atoms with van der Waals surface area (Å²) in [6.07, 6.45) is 0. The van der Waals surface area contributed by atoms with Crippen molar-refractivity contribution in [2.24, 2.45) is 0 Å². The number of nitrogens with zero attached hydrogens (tertiary/aromatic N) is 2. The molecule has 2 aromatic rings. The van der Waals surface area contributed by atoms with E-state index in [2.05, 4.69) is 4.74 Å². The number of hydrogen-bond donors (Lipinski definition) is 0. The largest absolute Gasteiger partial charge is 0.468 e. The Morgan fingerprint density at radius 3 is 2.38 bits per heavy atom. The van der Waals surface area contributed by atoms with Gasteiger partial charge in [-0.2, -0.15) is 0 Å². The number of carbonyl (C=O) groups is 1. The number of benzene rings is 2. The lowest BCUT2D eigenvalue weighted by atomic mass is 10.2. The fourth-order valence-electron chi connectivity index (χ4n) is 2.40. The standard InChI is InChI=1S/C17H18N2O6S/c1-12-6-4-5-7-15(12)18(11-17(20)25-3)26(23,24)14-9-8-13(2)16(10-14)19(21)22/h4-10H,11H2,1-3H3. The maximum absolute atomic E-state index is 13.1. The molecule has 0 N–H and O–H groups in total. The monoisotopic (exact) mass is 378 g/mol. The van der Waals surface area contributed by atoms with Gasteiger partial charge in [0.05, 0.1) is 22.6 Å². The van der Waals surface area contributed by atoms with E-state index >= 15 is 0 Å². The molecule has 9 heteroatoms. The predicted molar refractivity (Wildman–Crippen MR) is 95.6 cm³/mol. The highest BCUT2D eigenvalue weighted by atomic mass is 32.2. The van der Waals surface area contributed by atoms with E-state index in [1.807, 2.05) is 0 Å². The lowest BCUT2D eigenvalue weighted by molar-refractivity contribution is -0.385. The minimum absolute atomic E-state index is 0.276. The third-order valence-electron chi connectivity index (χ3n) is 3.85. The first kappa shape index (κ1) is 19.4. The van der Waals surface area contributed by atoms with Gasteiger partial charge >= 0.3 is 5.97 Å². The third kappa shape index (κ3) is 3.83. The summed E-state index contributed by atoms with van der Waals surface area (Å²) in [6.45, 7) is 2.67. The molecule has 0 unspecified atom stereocenters. The Kier molecular flexibility index (Phi) is 5.61. The number of methoxy groups -OCH3 is 1. The van der Waals surface area contributed by atoms with Crippen LogP contribution in [0.5, 0.6) is 0 Å². The van der Waals surface area contributed by atoms with Crippen LogP contribution < -0.4 is 4.31 Å². The van der Waals surface area contributed by atoms with Crippen LogP contribution in [0.25, 0.3) is 0 Å². The molecule has 2 rings (SSSR count). The van der Waals surface area contributed by atoms with Crippen molar-refractivity contribution in [3.8, 4) is 0 Å². The lowest BCUT2D eigenvalue weighted by Crippen LogP contribution is -2.36. The van der Waals surface area contributed by atoms with Crippen molar-refractivity contribution in [2.75, 3.05) is 18.0 Å². The summed E-state index contributed by atoms with van der Waals surface area (Å²) in [4.78, 5) is 22.0. The van der Waals surface area contributed by atoms with Gasteiger partial charge in [-0.3, -0.25) is 19.2 Å². The molecule has 0 heterocycles. The smallest absolute Gasteiger partial charge is 0.326 e. The van der Waals surface area contributed by atoms with Crippen LogP contribution in [0, 0.1) is 24.0 Å². The molecule has 2 aromatic carbocycles. The first-order valence-corrected chi connectivity index (χ1v) is 9.02. The van der Waals surface area contributed by atoms with E-state index in [4.69, 9.17) is 0 Å². The molecule has 0 fully saturated rings. The number of sulfonamides is 1. The zero-order valence-electron chi connectivity index (χ0n) is 14.5. The Bertz CT molecular complexity index is 955. The van der Waals surface area contributed by atoms with Crippen molar-refractivity contribution >= 4 is 27.4 Å². The molecule has 0 atom stereocenters. The molecular weight excluding hydrogens is 360 g/mol. The Labute approximate surface area is 151 Å². The number of nitro groups is 1. The predicted octanol–water partition coefficient (Wildman–Crippen LogP) is 2.58. The molecule has 0 aliphatic carbocycles. The quantitative estimate of drug-likeness (QED) is 0.434. The van der Waals surface area contributed by atoms with Crippen LogP contribution in [-0.2, 0) is 19.6 Å². The van der Waals surface area contributed by atoms with Crippen LogP contribution in [0.15, 0.2) is 47.4 Å². The highest BCUT2D eigenvalue weighted by molar-refractivity contribution is 7.92. The number of carbonyl (C=O) groups excluding carboxylic acids is 1. The summed E-state index contributed by atoms with van der Waals surface area (Å²) in [5, 5.41) is 11.1. The zero-order valence-corrected chi connectivity index (χ0v) is 15.3. The van der Waals surface area contributed by atoms with E-state index in [-0.39, 0.29) is 10.6 Å². The summed E-state index contributed by atoms with van der Waals surface area (Å²) in [5.74, 6) is -0.751. The number of para-hydroxylation sites is 1. The van der Waals surface area contributed by atoms with E-state index in [1.54, 1.807) is 31.2 Å². The highest BCUT2D eigenvalue weighted by Gasteiger charge is 2.30. The number of hydrogen-bond acceptors (Lipinski definition) is 6. The van der Waals surface area contributed by atoms with Gasteiger partial charge in [-0.1, -0.05) is 24.3 Å². The SMILES string of the molecule is COC(=O)CN(c1ccccc1C)S(=O)(=O)c1ccc(C)c([N+](=O)[O-])c1. The molecule has 0 radical (unpaired) electrons. The fraction of sp³-hybridized carbons (Fsp3) is 0.235. The van der Waals surface area contributed by atoms with Crippen molar-refractivity contribution in [2.45, 2.75) is 18.7 Å². The Morgan fingerprint density at radius 1 is 1.15 bits per heavy atom. The second-order valence-electron chi connectivity index (χ2n) is 5.58. The number of ether oxygens (including phenoxy) is 1. The van der Waals surface area contributed by atoms with Gasteiger partial charge in [0.1, 0.15) is 6.54 Å². The molecular formula is C17H18N2O6S. The number of anilines is 1. The summed E-state index contributed by atoms with van der Waals surface area (Å²) < 4.78 is 31.7.